The topological polar surface area (TPSA) is 90.1 Å². The van der Waals surface area contributed by atoms with Crippen molar-refractivity contribution in [3.05, 3.63) is 5.82 Å². The highest BCUT2D eigenvalue weighted by Crippen LogP contribution is 1.98. The first-order chi connectivity index (χ1) is 7.24. The van der Waals surface area contributed by atoms with E-state index in [1.54, 1.807) is 11.8 Å². The number of nitrogens with zero attached hydrogens (tertiary/aromatic N) is 4. The second-order valence-corrected chi connectivity index (χ2v) is 3.06. The number of carboxylic acids is 1. The van der Waals surface area contributed by atoms with Crippen LogP contribution in [0, 0.1) is 0 Å². The van der Waals surface area contributed by atoms with Gasteiger partial charge in [0.25, 0.3) is 0 Å². The van der Waals surface area contributed by atoms with Crippen LogP contribution in [0.3, 0.4) is 0 Å². The fourth-order valence-electron chi connectivity index (χ4n) is 1.15. The fraction of sp³-hybridized carbons (Fsp3) is 0.750. The molecule has 1 heterocycles. The molecule has 84 valence electrons. The summed E-state index contributed by atoms with van der Waals surface area (Å²) in [6, 6.07) is 0. The number of ether oxygens (including phenoxy) is 1. The molecule has 0 radical (unpaired) electrons. The van der Waals surface area contributed by atoms with Crippen molar-refractivity contribution in [1.29, 1.82) is 0 Å². The Balaban J connectivity index is 2.39. The lowest BCUT2D eigenvalue weighted by Gasteiger charge is -2.02. The minimum absolute atomic E-state index is 0.129. The van der Waals surface area contributed by atoms with Gasteiger partial charge in [-0.15, -0.1) is 5.10 Å². The van der Waals surface area contributed by atoms with Crippen LogP contribution in [0.25, 0.3) is 0 Å². The van der Waals surface area contributed by atoms with Crippen molar-refractivity contribution in [2.24, 2.45) is 0 Å². The number of methoxy groups -OCH3 is 1. The van der Waals surface area contributed by atoms with Crippen LogP contribution in [-0.4, -0.2) is 45.0 Å². The van der Waals surface area contributed by atoms with Gasteiger partial charge in [-0.05, 0) is 16.8 Å². The van der Waals surface area contributed by atoms with Crippen LogP contribution >= 0.6 is 0 Å². The molecule has 0 atom stereocenters. The van der Waals surface area contributed by atoms with E-state index in [0.29, 0.717) is 26.0 Å². The van der Waals surface area contributed by atoms with E-state index in [9.17, 15) is 4.79 Å². The Morgan fingerprint density at radius 3 is 3.07 bits per heavy atom. The summed E-state index contributed by atoms with van der Waals surface area (Å²) in [5.74, 6) is -0.0799. The first-order valence-electron chi connectivity index (χ1n) is 4.70. The second-order valence-electron chi connectivity index (χ2n) is 3.06. The Kier molecular flexibility index (Phi) is 4.69. The quantitative estimate of drug-likeness (QED) is 0.671. The molecule has 0 unspecified atom stereocenters. The number of tetrazole rings is 1. The molecule has 0 saturated heterocycles. The molecule has 1 aromatic rings. The average molecular weight is 214 g/mol. The van der Waals surface area contributed by atoms with Gasteiger partial charge in [0.2, 0.25) is 0 Å². The normalized spacial score (nSPS) is 10.5. The van der Waals surface area contributed by atoms with E-state index < -0.39 is 5.97 Å². The molecule has 0 amide bonds. The second kappa shape index (κ2) is 6.07. The minimum atomic E-state index is -0.804. The van der Waals surface area contributed by atoms with Crippen LogP contribution in [0.1, 0.15) is 18.7 Å². The molecular formula is C8H14N4O3. The minimum Gasteiger partial charge on any atom is -0.481 e. The van der Waals surface area contributed by atoms with Crippen molar-refractivity contribution in [2.45, 2.75) is 25.8 Å². The standard InChI is InChI=1S/C8H14N4O3/c1-15-6-4-7-9-10-11-12(7)5-2-3-8(13)14/h2-6H2,1H3,(H,13,14). The summed E-state index contributed by atoms with van der Waals surface area (Å²) in [7, 11) is 1.61. The van der Waals surface area contributed by atoms with E-state index >= 15 is 0 Å². The number of hydrogen-bond acceptors (Lipinski definition) is 5. The van der Waals surface area contributed by atoms with E-state index in [-0.39, 0.29) is 6.42 Å². The molecule has 1 rings (SSSR count). The van der Waals surface area contributed by atoms with Crippen molar-refractivity contribution in [1.82, 2.24) is 20.2 Å². The molecule has 0 aromatic carbocycles. The Labute approximate surface area is 87.0 Å². The van der Waals surface area contributed by atoms with Gasteiger partial charge < -0.3 is 9.84 Å². The zero-order valence-corrected chi connectivity index (χ0v) is 8.59. The number of carbonyl (C=O) groups is 1. The van der Waals surface area contributed by atoms with Gasteiger partial charge in [0.15, 0.2) is 5.82 Å². The molecule has 0 spiro atoms. The molecule has 15 heavy (non-hydrogen) atoms. The van der Waals surface area contributed by atoms with Crippen LogP contribution in [-0.2, 0) is 22.5 Å². The van der Waals surface area contributed by atoms with Gasteiger partial charge in [-0.3, -0.25) is 4.79 Å². The molecule has 7 nitrogen and oxygen atoms in total. The Morgan fingerprint density at radius 1 is 1.60 bits per heavy atom. The van der Waals surface area contributed by atoms with Gasteiger partial charge in [-0.2, -0.15) is 0 Å². The number of carboxylic acid groups (broad SMARTS) is 1. The maximum absolute atomic E-state index is 10.3. The summed E-state index contributed by atoms with van der Waals surface area (Å²) in [6.45, 7) is 1.08. The largest absolute Gasteiger partial charge is 0.481 e. The molecule has 0 bridgehead atoms. The zero-order chi connectivity index (χ0) is 11.1. The monoisotopic (exact) mass is 214 g/mol. The van der Waals surface area contributed by atoms with Crippen molar-refractivity contribution in [3.63, 3.8) is 0 Å². The Bertz CT molecular complexity index is 313. The Morgan fingerprint density at radius 2 is 2.40 bits per heavy atom. The van der Waals surface area contributed by atoms with Crippen LogP contribution in [0.4, 0.5) is 0 Å². The molecule has 7 heteroatoms. The number of aryl methyl sites for hydroxylation is 1. The third-order valence-corrected chi connectivity index (χ3v) is 1.90. The lowest BCUT2D eigenvalue weighted by Crippen LogP contribution is -2.09. The van der Waals surface area contributed by atoms with E-state index in [1.807, 2.05) is 0 Å². The van der Waals surface area contributed by atoms with Crippen LogP contribution in [0.5, 0.6) is 0 Å². The van der Waals surface area contributed by atoms with Gasteiger partial charge >= 0.3 is 5.97 Å². The maximum Gasteiger partial charge on any atom is 0.303 e. The number of aliphatic carboxylic acids is 1. The van der Waals surface area contributed by atoms with Crippen LogP contribution < -0.4 is 0 Å². The van der Waals surface area contributed by atoms with E-state index in [4.69, 9.17) is 9.84 Å². The highest BCUT2D eigenvalue weighted by molar-refractivity contribution is 5.66. The van der Waals surface area contributed by atoms with Crippen molar-refractivity contribution < 1.29 is 14.6 Å². The lowest BCUT2D eigenvalue weighted by molar-refractivity contribution is -0.137. The molecule has 0 fully saturated rings. The SMILES string of the molecule is COCCc1nnnn1CCCC(=O)O. The summed E-state index contributed by atoms with van der Waals surface area (Å²) in [6.07, 6.45) is 1.29. The molecule has 0 saturated carbocycles. The van der Waals surface area contributed by atoms with Gasteiger partial charge in [-0.25, -0.2) is 4.68 Å². The Hall–Kier alpha value is -1.50. The third-order valence-electron chi connectivity index (χ3n) is 1.90. The van der Waals surface area contributed by atoms with Gasteiger partial charge in [0.1, 0.15) is 0 Å². The summed E-state index contributed by atoms with van der Waals surface area (Å²) in [5, 5.41) is 19.6. The molecule has 1 N–H and O–H groups in total. The number of rotatable bonds is 7. The fourth-order valence-corrected chi connectivity index (χ4v) is 1.15. The van der Waals surface area contributed by atoms with Crippen molar-refractivity contribution in [3.8, 4) is 0 Å². The number of aromatic nitrogens is 4. The highest BCUT2D eigenvalue weighted by Gasteiger charge is 2.06. The maximum atomic E-state index is 10.3. The summed E-state index contributed by atoms with van der Waals surface area (Å²) in [4.78, 5) is 10.3. The third kappa shape index (κ3) is 4.03. The smallest absolute Gasteiger partial charge is 0.303 e. The first-order valence-corrected chi connectivity index (χ1v) is 4.70. The predicted octanol–water partition coefficient (Wildman–Crippen LogP) is -0.273. The molecule has 0 aliphatic rings. The average Bonchev–Trinajstić information content (AvgIpc) is 2.62. The van der Waals surface area contributed by atoms with E-state index in [1.165, 1.54) is 0 Å². The van der Waals surface area contributed by atoms with E-state index in [2.05, 4.69) is 15.5 Å². The summed E-state index contributed by atoms with van der Waals surface area (Å²) < 4.78 is 6.52. The van der Waals surface area contributed by atoms with Gasteiger partial charge in [0, 0.05) is 26.5 Å². The first kappa shape index (κ1) is 11.6. The molecular weight excluding hydrogens is 200 g/mol. The predicted molar refractivity (Wildman–Crippen MR) is 50.3 cm³/mol. The highest BCUT2D eigenvalue weighted by atomic mass is 16.5. The molecule has 0 aliphatic heterocycles. The summed E-state index contributed by atoms with van der Waals surface area (Å²) in [5.41, 5.74) is 0. The van der Waals surface area contributed by atoms with Crippen molar-refractivity contribution in [2.75, 3.05) is 13.7 Å². The van der Waals surface area contributed by atoms with Gasteiger partial charge in [-0.1, -0.05) is 0 Å². The lowest BCUT2D eigenvalue weighted by atomic mass is 10.3. The number of hydrogen-bond donors (Lipinski definition) is 1. The molecule has 0 aliphatic carbocycles. The summed E-state index contributed by atoms with van der Waals surface area (Å²) >= 11 is 0. The zero-order valence-electron chi connectivity index (χ0n) is 8.59. The van der Waals surface area contributed by atoms with E-state index in [0.717, 1.165) is 5.82 Å². The molecule has 1 aromatic heterocycles. The van der Waals surface area contributed by atoms with Crippen LogP contribution in [0.2, 0.25) is 0 Å². The van der Waals surface area contributed by atoms with Crippen LogP contribution in [0.15, 0.2) is 0 Å². The van der Waals surface area contributed by atoms with Gasteiger partial charge in [0.05, 0.1) is 6.61 Å². The van der Waals surface area contributed by atoms with Crippen molar-refractivity contribution >= 4 is 5.97 Å².